The first-order chi connectivity index (χ1) is 8.13. The molecule has 1 fully saturated rings. The molecule has 2 N–H and O–H groups in total. The Balaban J connectivity index is 2.30. The molecule has 1 aliphatic rings. The highest BCUT2D eigenvalue weighted by molar-refractivity contribution is 9.10. The van der Waals surface area contributed by atoms with Crippen molar-refractivity contribution in [1.29, 1.82) is 0 Å². The van der Waals surface area contributed by atoms with Crippen molar-refractivity contribution in [3.8, 4) is 0 Å². The summed E-state index contributed by atoms with van der Waals surface area (Å²) < 4.78 is 14.6. The highest BCUT2D eigenvalue weighted by atomic mass is 79.9. The number of aromatic nitrogens is 1. The Bertz CT molecular complexity index is 399. The Morgan fingerprint density at radius 2 is 2.41 bits per heavy atom. The predicted molar refractivity (Wildman–Crippen MR) is 70.5 cm³/mol. The lowest BCUT2D eigenvalue weighted by Gasteiger charge is -2.40. The summed E-state index contributed by atoms with van der Waals surface area (Å²) in [4.78, 5) is 6.19. The fraction of sp³-hybridized carbons (Fsp3) is 0.583. The predicted octanol–water partition coefficient (Wildman–Crippen LogP) is 2.55. The molecular formula is C12H17BrFN3. The van der Waals surface area contributed by atoms with Crippen LogP contribution in [0.4, 0.5) is 10.2 Å². The lowest BCUT2D eigenvalue weighted by molar-refractivity contribution is 0.344. The van der Waals surface area contributed by atoms with Crippen LogP contribution in [0.25, 0.3) is 0 Å². The van der Waals surface area contributed by atoms with E-state index in [1.54, 1.807) is 6.20 Å². The normalized spacial score (nSPS) is 25.1. The number of rotatable bonds is 2. The van der Waals surface area contributed by atoms with Gasteiger partial charge in [0.2, 0.25) is 0 Å². The summed E-state index contributed by atoms with van der Waals surface area (Å²) in [5.74, 6) is 0.626. The molecule has 94 valence electrons. The summed E-state index contributed by atoms with van der Waals surface area (Å²) in [6, 6.07) is 1.64. The van der Waals surface area contributed by atoms with Gasteiger partial charge in [0.1, 0.15) is 0 Å². The van der Waals surface area contributed by atoms with Crippen LogP contribution in [0.5, 0.6) is 0 Å². The largest absolute Gasteiger partial charge is 0.350 e. The van der Waals surface area contributed by atoms with Crippen molar-refractivity contribution in [3.63, 3.8) is 0 Å². The maximum Gasteiger partial charge on any atom is 0.166 e. The van der Waals surface area contributed by atoms with Crippen LogP contribution < -0.4 is 10.6 Å². The fourth-order valence-electron chi connectivity index (χ4n) is 2.49. The van der Waals surface area contributed by atoms with Gasteiger partial charge in [-0.3, -0.25) is 0 Å². The summed E-state index contributed by atoms with van der Waals surface area (Å²) in [5, 5.41) is 0. The smallest absolute Gasteiger partial charge is 0.166 e. The molecule has 0 amide bonds. The SMILES string of the molecule is CC1CCCN(c2ncc(Br)cc2F)C1CN. The van der Waals surface area contributed by atoms with Gasteiger partial charge in [-0.05, 0) is 40.8 Å². The summed E-state index contributed by atoms with van der Waals surface area (Å²) in [7, 11) is 0. The monoisotopic (exact) mass is 301 g/mol. The molecule has 2 rings (SSSR count). The molecule has 0 radical (unpaired) electrons. The third-order valence-corrected chi connectivity index (χ3v) is 3.85. The van der Waals surface area contributed by atoms with E-state index in [0.717, 1.165) is 19.4 Å². The van der Waals surface area contributed by atoms with Gasteiger partial charge in [0, 0.05) is 29.8 Å². The lowest BCUT2D eigenvalue weighted by Crippen LogP contribution is -2.49. The zero-order chi connectivity index (χ0) is 12.4. The van der Waals surface area contributed by atoms with Crippen molar-refractivity contribution in [1.82, 2.24) is 4.98 Å². The standard InChI is InChI=1S/C12H17BrFN3/c1-8-3-2-4-17(11(8)6-15)12-10(14)5-9(13)7-16-12/h5,7-8,11H,2-4,6,15H2,1H3. The van der Waals surface area contributed by atoms with E-state index in [2.05, 4.69) is 27.8 Å². The number of piperidine rings is 1. The van der Waals surface area contributed by atoms with E-state index in [1.807, 2.05) is 4.90 Å². The van der Waals surface area contributed by atoms with E-state index in [0.29, 0.717) is 22.8 Å². The Kier molecular flexibility index (Phi) is 3.99. The van der Waals surface area contributed by atoms with Crippen molar-refractivity contribution in [3.05, 3.63) is 22.6 Å². The summed E-state index contributed by atoms with van der Waals surface area (Å²) in [5.41, 5.74) is 5.80. The van der Waals surface area contributed by atoms with Gasteiger partial charge < -0.3 is 10.6 Å². The van der Waals surface area contributed by atoms with Gasteiger partial charge in [-0.15, -0.1) is 0 Å². The van der Waals surface area contributed by atoms with E-state index in [9.17, 15) is 4.39 Å². The molecule has 0 spiro atoms. The molecule has 0 aliphatic carbocycles. The molecule has 1 aromatic rings. The van der Waals surface area contributed by atoms with E-state index in [4.69, 9.17) is 5.73 Å². The first-order valence-corrected chi connectivity index (χ1v) is 6.70. The van der Waals surface area contributed by atoms with Gasteiger partial charge in [0.05, 0.1) is 0 Å². The van der Waals surface area contributed by atoms with Crippen molar-refractivity contribution in [2.75, 3.05) is 18.0 Å². The molecule has 17 heavy (non-hydrogen) atoms. The molecule has 1 aromatic heterocycles. The summed E-state index contributed by atoms with van der Waals surface area (Å²) in [6.07, 6.45) is 3.84. The fourth-order valence-corrected chi connectivity index (χ4v) is 2.79. The number of nitrogens with zero attached hydrogens (tertiary/aromatic N) is 2. The van der Waals surface area contributed by atoms with Gasteiger partial charge >= 0.3 is 0 Å². The van der Waals surface area contributed by atoms with Gasteiger partial charge in [-0.2, -0.15) is 0 Å². The van der Waals surface area contributed by atoms with Gasteiger partial charge in [-0.25, -0.2) is 9.37 Å². The third kappa shape index (κ3) is 2.60. The van der Waals surface area contributed by atoms with Crippen molar-refractivity contribution in [2.24, 2.45) is 11.7 Å². The zero-order valence-electron chi connectivity index (χ0n) is 9.87. The number of halogens is 2. The Morgan fingerprint density at radius 1 is 1.65 bits per heavy atom. The van der Waals surface area contributed by atoms with Crippen LogP contribution in [-0.2, 0) is 0 Å². The van der Waals surface area contributed by atoms with Crippen LogP contribution in [0, 0.1) is 11.7 Å². The number of hydrogen-bond acceptors (Lipinski definition) is 3. The van der Waals surface area contributed by atoms with Crippen molar-refractivity contribution in [2.45, 2.75) is 25.8 Å². The van der Waals surface area contributed by atoms with Gasteiger partial charge in [0.15, 0.2) is 11.6 Å². The minimum atomic E-state index is -0.285. The quantitative estimate of drug-likeness (QED) is 0.913. The number of anilines is 1. The Morgan fingerprint density at radius 3 is 3.06 bits per heavy atom. The molecule has 5 heteroatoms. The minimum Gasteiger partial charge on any atom is -0.350 e. The van der Waals surface area contributed by atoms with E-state index < -0.39 is 0 Å². The maximum atomic E-state index is 13.9. The minimum absolute atomic E-state index is 0.187. The summed E-state index contributed by atoms with van der Waals surface area (Å²) in [6.45, 7) is 3.54. The molecule has 2 heterocycles. The average molecular weight is 302 g/mol. The highest BCUT2D eigenvalue weighted by Gasteiger charge is 2.29. The Labute approximate surface area is 109 Å². The van der Waals surface area contributed by atoms with E-state index in [1.165, 1.54) is 6.07 Å². The summed E-state index contributed by atoms with van der Waals surface area (Å²) >= 11 is 3.22. The molecule has 0 aromatic carbocycles. The molecule has 2 atom stereocenters. The third-order valence-electron chi connectivity index (χ3n) is 3.42. The second kappa shape index (κ2) is 5.31. The highest BCUT2D eigenvalue weighted by Crippen LogP contribution is 2.29. The topological polar surface area (TPSA) is 42.2 Å². The van der Waals surface area contributed by atoms with Crippen LogP contribution in [0.2, 0.25) is 0 Å². The van der Waals surface area contributed by atoms with Crippen molar-refractivity contribution < 1.29 is 4.39 Å². The zero-order valence-corrected chi connectivity index (χ0v) is 11.5. The van der Waals surface area contributed by atoms with Crippen molar-refractivity contribution >= 4 is 21.7 Å². The molecule has 1 saturated heterocycles. The number of hydrogen-bond donors (Lipinski definition) is 1. The molecule has 0 saturated carbocycles. The lowest BCUT2D eigenvalue weighted by atomic mass is 9.91. The first kappa shape index (κ1) is 12.8. The maximum absolute atomic E-state index is 13.9. The van der Waals surface area contributed by atoms with Crippen LogP contribution >= 0.6 is 15.9 Å². The second-order valence-corrected chi connectivity index (χ2v) is 5.49. The van der Waals surface area contributed by atoms with E-state index >= 15 is 0 Å². The number of pyridine rings is 1. The molecule has 2 unspecified atom stereocenters. The van der Waals surface area contributed by atoms with Crippen LogP contribution in [-0.4, -0.2) is 24.1 Å². The van der Waals surface area contributed by atoms with Gasteiger partial charge in [0.25, 0.3) is 0 Å². The van der Waals surface area contributed by atoms with Crippen LogP contribution in [0.3, 0.4) is 0 Å². The average Bonchev–Trinajstić information content (AvgIpc) is 2.29. The second-order valence-electron chi connectivity index (χ2n) is 4.57. The molecule has 3 nitrogen and oxygen atoms in total. The molecule has 0 bridgehead atoms. The van der Waals surface area contributed by atoms with Crippen LogP contribution in [0.15, 0.2) is 16.7 Å². The van der Waals surface area contributed by atoms with E-state index in [-0.39, 0.29) is 11.9 Å². The molecular weight excluding hydrogens is 285 g/mol. The van der Waals surface area contributed by atoms with Gasteiger partial charge in [-0.1, -0.05) is 6.92 Å². The Hall–Kier alpha value is -0.680. The number of nitrogens with two attached hydrogens (primary N) is 1. The molecule has 1 aliphatic heterocycles. The first-order valence-electron chi connectivity index (χ1n) is 5.91. The van der Waals surface area contributed by atoms with Crippen LogP contribution in [0.1, 0.15) is 19.8 Å².